The van der Waals surface area contributed by atoms with Gasteiger partial charge in [-0.05, 0) is 62.3 Å². The van der Waals surface area contributed by atoms with Crippen LogP contribution in [0.5, 0.6) is 0 Å². The molecule has 3 rings (SSSR count). The van der Waals surface area contributed by atoms with Gasteiger partial charge >= 0.3 is 0 Å². The van der Waals surface area contributed by atoms with E-state index in [2.05, 4.69) is 22.4 Å². The third-order valence-electron chi connectivity index (χ3n) is 4.36. The molecule has 0 aromatic carbocycles. The van der Waals surface area contributed by atoms with Crippen LogP contribution in [-0.4, -0.2) is 17.6 Å². The number of aromatic nitrogens is 1. The number of nitriles is 1. The highest BCUT2D eigenvalue weighted by Gasteiger charge is 2.30. The molecule has 1 aromatic heterocycles. The van der Waals surface area contributed by atoms with Crippen LogP contribution in [0.15, 0.2) is 18.3 Å². The molecular formula is C16H19N3. The molecule has 98 valence electrons. The van der Waals surface area contributed by atoms with Gasteiger partial charge in [-0.1, -0.05) is 6.08 Å². The Morgan fingerprint density at radius 2 is 2.32 bits per heavy atom. The molecule has 2 aliphatic rings. The zero-order valence-corrected chi connectivity index (χ0v) is 11.3. The fourth-order valence-corrected chi connectivity index (χ4v) is 3.31. The average molecular weight is 253 g/mol. The van der Waals surface area contributed by atoms with Gasteiger partial charge < -0.3 is 5.32 Å². The monoisotopic (exact) mass is 253 g/mol. The topological polar surface area (TPSA) is 48.7 Å². The molecule has 0 bridgehead atoms. The van der Waals surface area contributed by atoms with Crippen LogP contribution in [0.25, 0.3) is 5.57 Å². The lowest BCUT2D eigenvalue weighted by Crippen LogP contribution is -2.43. The highest BCUT2D eigenvalue weighted by Crippen LogP contribution is 2.35. The van der Waals surface area contributed by atoms with E-state index in [1.54, 1.807) is 0 Å². The Morgan fingerprint density at radius 3 is 3.16 bits per heavy atom. The Morgan fingerprint density at radius 1 is 1.42 bits per heavy atom. The van der Waals surface area contributed by atoms with Crippen LogP contribution in [-0.2, 0) is 0 Å². The number of allylic oxidation sites excluding steroid dienone is 1. The van der Waals surface area contributed by atoms with Crippen LogP contribution in [0.4, 0.5) is 0 Å². The first-order valence-electron chi connectivity index (χ1n) is 7.10. The minimum absolute atomic E-state index is 0.457. The summed E-state index contributed by atoms with van der Waals surface area (Å²) in [6, 6.07) is 4.69. The standard InChI is InChI=1S/C16H19N3/c1-11-13(9-17)8-14(10-19-11)15-6-2-4-12-5-3-7-18-16(12)15/h6,8,10,12,16,18H,2-5,7H2,1H3/t12-,16+/m1/s1. The van der Waals surface area contributed by atoms with Crippen molar-refractivity contribution in [1.29, 1.82) is 5.26 Å². The number of rotatable bonds is 1. The molecule has 0 radical (unpaired) electrons. The smallest absolute Gasteiger partial charge is 0.101 e. The summed E-state index contributed by atoms with van der Waals surface area (Å²) < 4.78 is 0. The van der Waals surface area contributed by atoms with Crippen molar-refractivity contribution in [2.45, 2.75) is 38.6 Å². The number of nitrogens with zero attached hydrogens (tertiary/aromatic N) is 2. The number of pyridine rings is 1. The lowest BCUT2D eigenvalue weighted by molar-refractivity contribution is 0.304. The molecule has 1 N–H and O–H groups in total. The zero-order valence-electron chi connectivity index (χ0n) is 11.3. The van der Waals surface area contributed by atoms with Crippen LogP contribution >= 0.6 is 0 Å². The molecule has 19 heavy (non-hydrogen) atoms. The highest BCUT2D eigenvalue weighted by atomic mass is 14.9. The Bertz CT molecular complexity index is 554. The molecular weight excluding hydrogens is 234 g/mol. The Hall–Kier alpha value is -1.66. The summed E-state index contributed by atoms with van der Waals surface area (Å²) >= 11 is 0. The van der Waals surface area contributed by atoms with Gasteiger partial charge in [-0.25, -0.2) is 0 Å². The van der Waals surface area contributed by atoms with Crippen molar-refractivity contribution in [1.82, 2.24) is 10.3 Å². The van der Waals surface area contributed by atoms with Crippen LogP contribution in [0.2, 0.25) is 0 Å². The largest absolute Gasteiger partial charge is 0.310 e. The minimum Gasteiger partial charge on any atom is -0.310 e. The normalized spacial score (nSPS) is 26.2. The number of fused-ring (bicyclic) bond motifs is 1. The molecule has 1 saturated heterocycles. The number of hydrogen-bond acceptors (Lipinski definition) is 3. The van der Waals surface area contributed by atoms with Gasteiger partial charge in [0.1, 0.15) is 6.07 Å². The molecule has 2 atom stereocenters. The predicted octanol–water partition coefficient (Wildman–Crippen LogP) is 2.81. The molecule has 0 amide bonds. The van der Waals surface area contributed by atoms with Gasteiger partial charge in [0.05, 0.1) is 11.3 Å². The quantitative estimate of drug-likeness (QED) is 0.837. The number of aryl methyl sites for hydroxylation is 1. The van der Waals surface area contributed by atoms with E-state index in [0.717, 1.165) is 30.1 Å². The van der Waals surface area contributed by atoms with Crippen molar-refractivity contribution < 1.29 is 0 Å². The Balaban J connectivity index is 1.96. The summed E-state index contributed by atoms with van der Waals surface area (Å²) in [6.45, 7) is 2.99. The van der Waals surface area contributed by atoms with Gasteiger partial charge in [0.25, 0.3) is 0 Å². The van der Waals surface area contributed by atoms with Crippen LogP contribution < -0.4 is 5.32 Å². The second-order valence-electron chi connectivity index (χ2n) is 5.54. The molecule has 3 heteroatoms. The maximum atomic E-state index is 9.15. The summed E-state index contributed by atoms with van der Waals surface area (Å²) in [4.78, 5) is 4.37. The van der Waals surface area contributed by atoms with Crippen molar-refractivity contribution in [2.75, 3.05) is 6.54 Å². The lowest BCUT2D eigenvalue weighted by atomic mass is 9.77. The van der Waals surface area contributed by atoms with Crippen molar-refractivity contribution in [2.24, 2.45) is 5.92 Å². The van der Waals surface area contributed by atoms with Crippen molar-refractivity contribution in [3.05, 3.63) is 35.2 Å². The van der Waals surface area contributed by atoms with Crippen molar-refractivity contribution in [3.8, 4) is 6.07 Å². The lowest BCUT2D eigenvalue weighted by Gasteiger charge is -2.37. The molecule has 3 nitrogen and oxygen atoms in total. The van der Waals surface area contributed by atoms with Crippen molar-refractivity contribution in [3.63, 3.8) is 0 Å². The Labute approximate surface area is 114 Å². The summed E-state index contributed by atoms with van der Waals surface area (Å²) in [7, 11) is 0. The molecule has 0 unspecified atom stereocenters. The van der Waals surface area contributed by atoms with Crippen molar-refractivity contribution >= 4 is 5.57 Å². The van der Waals surface area contributed by atoms with E-state index >= 15 is 0 Å². The number of nitrogens with one attached hydrogen (secondary N) is 1. The van der Waals surface area contributed by atoms with E-state index in [0.29, 0.717) is 11.6 Å². The van der Waals surface area contributed by atoms with E-state index in [1.165, 1.54) is 24.8 Å². The van der Waals surface area contributed by atoms with Gasteiger partial charge in [-0.15, -0.1) is 0 Å². The second kappa shape index (κ2) is 5.14. The van der Waals surface area contributed by atoms with Gasteiger partial charge in [0, 0.05) is 12.2 Å². The third kappa shape index (κ3) is 2.29. The molecule has 1 aromatic rings. The maximum absolute atomic E-state index is 9.15. The van der Waals surface area contributed by atoms with E-state index < -0.39 is 0 Å². The minimum atomic E-state index is 0.457. The summed E-state index contributed by atoms with van der Waals surface area (Å²) in [5.74, 6) is 0.751. The predicted molar refractivity (Wildman–Crippen MR) is 75.4 cm³/mol. The first-order valence-corrected chi connectivity index (χ1v) is 7.10. The molecule has 1 aliphatic heterocycles. The SMILES string of the molecule is Cc1ncc(C2=CCC[C@@H]3CCCN[C@H]23)cc1C#N. The first kappa shape index (κ1) is 12.4. The molecule has 0 spiro atoms. The molecule has 1 aliphatic carbocycles. The number of hydrogen-bond donors (Lipinski definition) is 1. The van der Waals surface area contributed by atoms with E-state index in [-0.39, 0.29) is 0 Å². The van der Waals surface area contributed by atoms with Crippen LogP contribution in [0.3, 0.4) is 0 Å². The summed E-state index contributed by atoms with van der Waals surface area (Å²) in [5, 5.41) is 12.8. The first-order chi connectivity index (χ1) is 9.29. The second-order valence-corrected chi connectivity index (χ2v) is 5.54. The van der Waals surface area contributed by atoms with Crippen LogP contribution in [0, 0.1) is 24.2 Å². The van der Waals surface area contributed by atoms with E-state index in [4.69, 9.17) is 5.26 Å². The van der Waals surface area contributed by atoms with Gasteiger partial charge in [-0.2, -0.15) is 5.26 Å². The summed E-state index contributed by atoms with van der Waals surface area (Å²) in [5.41, 5.74) is 3.97. The fraction of sp³-hybridized carbons (Fsp3) is 0.500. The third-order valence-corrected chi connectivity index (χ3v) is 4.36. The zero-order chi connectivity index (χ0) is 13.2. The molecule has 2 heterocycles. The maximum Gasteiger partial charge on any atom is 0.101 e. The average Bonchev–Trinajstić information content (AvgIpc) is 2.47. The van der Waals surface area contributed by atoms with Gasteiger partial charge in [0.2, 0.25) is 0 Å². The van der Waals surface area contributed by atoms with Gasteiger partial charge in [0.15, 0.2) is 0 Å². The van der Waals surface area contributed by atoms with Crippen LogP contribution in [0.1, 0.15) is 42.5 Å². The Kier molecular flexibility index (Phi) is 3.35. The highest BCUT2D eigenvalue weighted by molar-refractivity contribution is 5.71. The van der Waals surface area contributed by atoms with E-state index in [1.807, 2.05) is 19.2 Å². The molecule has 1 fully saturated rings. The summed E-state index contributed by atoms with van der Waals surface area (Å²) in [6.07, 6.45) is 9.27. The fourth-order valence-electron chi connectivity index (χ4n) is 3.31. The molecule has 0 saturated carbocycles. The van der Waals surface area contributed by atoms with Gasteiger partial charge in [-0.3, -0.25) is 4.98 Å². The number of piperidine rings is 1. The van der Waals surface area contributed by atoms with E-state index in [9.17, 15) is 0 Å².